The molecule has 0 aromatic heterocycles. The number of aryl methyl sites for hydroxylation is 1. The van der Waals surface area contributed by atoms with Crippen molar-refractivity contribution in [2.75, 3.05) is 16.9 Å². The highest BCUT2D eigenvalue weighted by Crippen LogP contribution is 2.39. The Morgan fingerprint density at radius 1 is 1.06 bits per heavy atom. The fourth-order valence-corrected chi connectivity index (χ4v) is 4.21. The standard InChI is InChI=1S/C25H24N4O2/c1-16-7-10-19(11-8-16)29-25(31)21-15-26-22-12-9-18(13-20(22)23(21)28-29)24(30)27-14-17-5-3-2-4-6-17/h2-13,21,23,26,28H,14-15H2,1H3,(H,27,30). The molecule has 0 aliphatic carbocycles. The quantitative estimate of drug-likeness (QED) is 0.613. The lowest BCUT2D eigenvalue weighted by Crippen LogP contribution is -2.35. The summed E-state index contributed by atoms with van der Waals surface area (Å²) in [5.41, 5.74) is 8.86. The summed E-state index contributed by atoms with van der Waals surface area (Å²) in [4.78, 5) is 25.8. The van der Waals surface area contributed by atoms with Gasteiger partial charge in [0, 0.05) is 24.3 Å². The molecule has 3 aromatic rings. The maximum Gasteiger partial charge on any atom is 0.251 e. The molecule has 2 aliphatic rings. The van der Waals surface area contributed by atoms with Gasteiger partial charge in [0.1, 0.15) is 0 Å². The second-order valence-corrected chi connectivity index (χ2v) is 8.07. The molecule has 0 bridgehead atoms. The molecule has 2 amide bonds. The molecule has 2 aliphatic heterocycles. The number of nitrogens with one attached hydrogen (secondary N) is 3. The first-order chi connectivity index (χ1) is 15.1. The zero-order valence-corrected chi connectivity index (χ0v) is 17.3. The van der Waals surface area contributed by atoms with Crippen LogP contribution >= 0.6 is 0 Å². The summed E-state index contributed by atoms with van der Waals surface area (Å²) in [6.45, 7) is 3.05. The third-order valence-electron chi connectivity index (χ3n) is 5.96. The molecule has 156 valence electrons. The van der Waals surface area contributed by atoms with Gasteiger partial charge in [-0.2, -0.15) is 0 Å². The van der Waals surface area contributed by atoms with Gasteiger partial charge in [-0.1, -0.05) is 48.0 Å². The van der Waals surface area contributed by atoms with Crippen LogP contribution in [0.1, 0.15) is 33.1 Å². The summed E-state index contributed by atoms with van der Waals surface area (Å²) >= 11 is 0. The number of hydrogen-bond donors (Lipinski definition) is 3. The summed E-state index contributed by atoms with van der Waals surface area (Å²) in [5, 5.41) is 7.96. The first-order valence-corrected chi connectivity index (χ1v) is 10.5. The number of anilines is 2. The van der Waals surface area contributed by atoms with Crippen molar-refractivity contribution in [3.8, 4) is 0 Å². The molecule has 3 aromatic carbocycles. The van der Waals surface area contributed by atoms with E-state index in [2.05, 4.69) is 16.1 Å². The summed E-state index contributed by atoms with van der Waals surface area (Å²) in [6, 6.07) is 23.2. The first kappa shape index (κ1) is 19.3. The lowest BCUT2D eigenvalue weighted by atomic mass is 9.88. The van der Waals surface area contributed by atoms with Crippen molar-refractivity contribution in [3.63, 3.8) is 0 Å². The topological polar surface area (TPSA) is 73.5 Å². The lowest BCUT2D eigenvalue weighted by molar-refractivity contribution is -0.120. The normalized spacial score (nSPS) is 19.4. The number of carbonyl (C=O) groups is 2. The van der Waals surface area contributed by atoms with Crippen LogP contribution in [0.4, 0.5) is 11.4 Å². The van der Waals surface area contributed by atoms with Crippen molar-refractivity contribution in [3.05, 3.63) is 95.1 Å². The molecule has 5 rings (SSSR count). The molecule has 2 heterocycles. The number of hydrazine groups is 1. The molecule has 1 fully saturated rings. The van der Waals surface area contributed by atoms with Crippen LogP contribution in [0.15, 0.2) is 72.8 Å². The van der Waals surface area contributed by atoms with Crippen LogP contribution in [-0.2, 0) is 11.3 Å². The van der Waals surface area contributed by atoms with Gasteiger partial charge in [-0.15, -0.1) is 0 Å². The highest BCUT2D eigenvalue weighted by molar-refractivity contribution is 5.99. The predicted octanol–water partition coefficient (Wildman–Crippen LogP) is 3.56. The summed E-state index contributed by atoms with van der Waals surface area (Å²) in [6.07, 6.45) is 0. The van der Waals surface area contributed by atoms with Gasteiger partial charge in [0.05, 0.1) is 17.6 Å². The smallest absolute Gasteiger partial charge is 0.251 e. The van der Waals surface area contributed by atoms with Gasteiger partial charge in [0.25, 0.3) is 5.91 Å². The van der Waals surface area contributed by atoms with Crippen LogP contribution in [0.2, 0.25) is 0 Å². The van der Waals surface area contributed by atoms with Crippen LogP contribution in [0.25, 0.3) is 0 Å². The number of fused-ring (bicyclic) bond motifs is 3. The SMILES string of the molecule is Cc1ccc(N2NC3c4cc(C(=O)NCc5ccccc5)ccc4NCC3C2=O)cc1. The van der Waals surface area contributed by atoms with E-state index in [-0.39, 0.29) is 23.8 Å². The summed E-state index contributed by atoms with van der Waals surface area (Å²) < 4.78 is 0. The molecule has 0 spiro atoms. The van der Waals surface area contributed by atoms with Gasteiger partial charge < -0.3 is 10.6 Å². The second-order valence-electron chi connectivity index (χ2n) is 8.07. The first-order valence-electron chi connectivity index (χ1n) is 10.5. The minimum Gasteiger partial charge on any atom is -0.384 e. The van der Waals surface area contributed by atoms with Gasteiger partial charge >= 0.3 is 0 Å². The van der Waals surface area contributed by atoms with Gasteiger partial charge in [-0.3, -0.25) is 9.59 Å². The molecular weight excluding hydrogens is 388 g/mol. The Bertz CT molecular complexity index is 1130. The Labute approximate surface area is 181 Å². The van der Waals surface area contributed by atoms with Crippen LogP contribution in [0.3, 0.4) is 0 Å². The zero-order chi connectivity index (χ0) is 21.4. The summed E-state index contributed by atoms with van der Waals surface area (Å²) in [5.74, 6) is -0.323. The van der Waals surface area contributed by atoms with Crippen molar-refractivity contribution >= 4 is 23.2 Å². The van der Waals surface area contributed by atoms with Crippen LogP contribution in [0, 0.1) is 12.8 Å². The fourth-order valence-electron chi connectivity index (χ4n) is 4.21. The number of benzene rings is 3. The molecule has 2 atom stereocenters. The molecule has 2 unspecified atom stereocenters. The third-order valence-corrected chi connectivity index (χ3v) is 5.96. The zero-order valence-electron chi connectivity index (χ0n) is 17.3. The van der Waals surface area contributed by atoms with Gasteiger partial charge in [0.15, 0.2) is 0 Å². The van der Waals surface area contributed by atoms with E-state index in [0.29, 0.717) is 18.7 Å². The Morgan fingerprint density at radius 2 is 1.84 bits per heavy atom. The van der Waals surface area contributed by atoms with Gasteiger partial charge in [-0.25, -0.2) is 10.4 Å². The molecule has 31 heavy (non-hydrogen) atoms. The van der Waals surface area contributed by atoms with Gasteiger partial charge in [0.2, 0.25) is 5.91 Å². The van der Waals surface area contributed by atoms with Crippen molar-refractivity contribution in [1.82, 2.24) is 10.7 Å². The van der Waals surface area contributed by atoms with Gasteiger partial charge in [-0.05, 0) is 48.4 Å². The number of carbonyl (C=O) groups excluding carboxylic acids is 2. The number of amides is 2. The van der Waals surface area contributed by atoms with Crippen molar-refractivity contribution in [2.24, 2.45) is 5.92 Å². The van der Waals surface area contributed by atoms with Crippen LogP contribution in [0.5, 0.6) is 0 Å². The Morgan fingerprint density at radius 3 is 2.61 bits per heavy atom. The number of hydrogen-bond acceptors (Lipinski definition) is 4. The minimum atomic E-state index is -0.226. The lowest BCUT2D eigenvalue weighted by Gasteiger charge is -2.27. The van der Waals surface area contributed by atoms with Crippen molar-refractivity contribution in [1.29, 1.82) is 0 Å². The minimum absolute atomic E-state index is 0.0333. The molecule has 1 saturated heterocycles. The van der Waals surface area contributed by atoms with E-state index in [4.69, 9.17) is 0 Å². The average molecular weight is 412 g/mol. The van der Waals surface area contributed by atoms with E-state index in [0.717, 1.165) is 28.1 Å². The molecular formula is C25H24N4O2. The highest BCUT2D eigenvalue weighted by atomic mass is 16.2. The Kier molecular flexibility index (Phi) is 4.92. The number of nitrogens with zero attached hydrogens (tertiary/aromatic N) is 1. The maximum atomic E-state index is 13.1. The number of rotatable bonds is 4. The largest absolute Gasteiger partial charge is 0.384 e. The average Bonchev–Trinajstić information content (AvgIpc) is 3.15. The molecule has 3 N–H and O–H groups in total. The van der Waals surface area contributed by atoms with E-state index in [9.17, 15) is 9.59 Å². The highest BCUT2D eigenvalue weighted by Gasteiger charge is 2.44. The molecule has 6 nitrogen and oxygen atoms in total. The van der Waals surface area contributed by atoms with E-state index < -0.39 is 0 Å². The Hall–Kier alpha value is -3.64. The molecule has 6 heteroatoms. The van der Waals surface area contributed by atoms with E-state index in [1.54, 1.807) is 5.01 Å². The fraction of sp³-hybridized carbons (Fsp3) is 0.200. The second kappa shape index (κ2) is 7.89. The predicted molar refractivity (Wildman–Crippen MR) is 121 cm³/mol. The van der Waals surface area contributed by atoms with Crippen molar-refractivity contribution < 1.29 is 9.59 Å². The Balaban J connectivity index is 1.37. The van der Waals surface area contributed by atoms with Crippen molar-refractivity contribution in [2.45, 2.75) is 19.5 Å². The molecule has 0 radical (unpaired) electrons. The van der Waals surface area contributed by atoms with Crippen LogP contribution in [-0.4, -0.2) is 18.4 Å². The molecule has 0 saturated carbocycles. The third kappa shape index (κ3) is 3.66. The van der Waals surface area contributed by atoms with E-state index >= 15 is 0 Å². The summed E-state index contributed by atoms with van der Waals surface area (Å²) in [7, 11) is 0. The monoisotopic (exact) mass is 412 g/mol. The van der Waals surface area contributed by atoms with E-state index in [1.807, 2.05) is 79.7 Å². The van der Waals surface area contributed by atoms with Crippen LogP contribution < -0.4 is 21.1 Å². The van der Waals surface area contributed by atoms with E-state index in [1.165, 1.54) is 0 Å². The maximum absolute atomic E-state index is 13.1.